The Kier molecular flexibility index (Phi) is 6.47. The van der Waals surface area contributed by atoms with Crippen LogP contribution in [0.2, 0.25) is 0 Å². The van der Waals surface area contributed by atoms with Gasteiger partial charge in [-0.3, -0.25) is 0 Å². The average molecular weight is 253 g/mol. The first-order valence-corrected chi connectivity index (χ1v) is 6.91. The van der Waals surface area contributed by atoms with E-state index in [1.165, 1.54) is 11.4 Å². The van der Waals surface area contributed by atoms with E-state index < -0.39 is 10.0 Å². The molecule has 0 aromatic rings. The second kappa shape index (κ2) is 6.54. The van der Waals surface area contributed by atoms with Crippen molar-refractivity contribution < 1.29 is 18.3 Å². The van der Waals surface area contributed by atoms with E-state index in [1.54, 1.807) is 0 Å². The van der Waals surface area contributed by atoms with Gasteiger partial charge in [-0.15, -0.1) is 0 Å². The van der Waals surface area contributed by atoms with Gasteiger partial charge in [0.15, 0.2) is 0 Å². The number of hydrogen-bond donors (Lipinski definition) is 1. The number of ether oxygens (including phenoxy) is 1. The van der Waals surface area contributed by atoms with E-state index in [-0.39, 0.29) is 30.9 Å². The van der Waals surface area contributed by atoms with Crippen molar-refractivity contribution in [2.45, 2.75) is 20.8 Å². The Morgan fingerprint density at radius 2 is 1.81 bits per heavy atom. The molecule has 0 aromatic carbocycles. The molecule has 0 aliphatic carbocycles. The van der Waals surface area contributed by atoms with Gasteiger partial charge < -0.3 is 9.84 Å². The lowest BCUT2D eigenvalue weighted by Gasteiger charge is -2.26. The zero-order valence-corrected chi connectivity index (χ0v) is 11.4. The second-order valence-corrected chi connectivity index (χ2v) is 6.90. The molecule has 0 heterocycles. The monoisotopic (exact) mass is 253 g/mol. The van der Waals surface area contributed by atoms with Gasteiger partial charge in [-0.2, -0.15) is 4.31 Å². The van der Waals surface area contributed by atoms with E-state index in [0.29, 0.717) is 6.61 Å². The average Bonchev–Trinajstić information content (AvgIpc) is 2.07. The molecular formula is C10H23NO4S. The van der Waals surface area contributed by atoms with Crippen LogP contribution < -0.4 is 0 Å². The van der Waals surface area contributed by atoms with Crippen molar-refractivity contribution in [3.8, 4) is 0 Å². The molecule has 0 saturated carbocycles. The SMILES string of the molecule is COCCN(CCO)S(=O)(=O)CC(C)(C)C. The Hall–Kier alpha value is -0.170. The van der Waals surface area contributed by atoms with E-state index >= 15 is 0 Å². The number of rotatable bonds is 7. The standard InChI is InChI=1S/C10H23NO4S/c1-10(2,3)9-16(13,14)11(5-7-12)6-8-15-4/h12H,5-9H2,1-4H3. The maximum Gasteiger partial charge on any atom is 0.214 e. The fourth-order valence-electron chi connectivity index (χ4n) is 1.33. The van der Waals surface area contributed by atoms with Crippen molar-refractivity contribution in [2.75, 3.05) is 39.2 Å². The van der Waals surface area contributed by atoms with Crippen molar-refractivity contribution in [3.05, 3.63) is 0 Å². The summed E-state index contributed by atoms with van der Waals surface area (Å²) in [7, 11) is -1.80. The smallest absolute Gasteiger partial charge is 0.214 e. The van der Waals surface area contributed by atoms with Crippen LogP contribution >= 0.6 is 0 Å². The van der Waals surface area contributed by atoms with Crippen LogP contribution in [0.4, 0.5) is 0 Å². The molecule has 1 N–H and O–H groups in total. The van der Waals surface area contributed by atoms with Crippen molar-refractivity contribution in [1.82, 2.24) is 4.31 Å². The maximum atomic E-state index is 12.0. The number of sulfonamides is 1. The molecule has 0 amide bonds. The molecule has 0 bridgehead atoms. The van der Waals surface area contributed by atoms with Crippen molar-refractivity contribution in [3.63, 3.8) is 0 Å². The molecule has 0 fully saturated rings. The summed E-state index contributed by atoms with van der Waals surface area (Å²) in [5.41, 5.74) is -0.292. The molecular weight excluding hydrogens is 230 g/mol. The fourth-order valence-corrected chi connectivity index (χ4v) is 3.32. The zero-order valence-electron chi connectivity index (χ0n) is 10.6. The van der Waals surface area contributed by atoms with Gasteiger partial charge in [-0.1, -0.05) is 20.8 Å². The van der Waals surface area contributed by atoms with Crippen LogP contribution in [0.1, 0.15) is 20.8 Å². The number of hydrogen-bond acceptors (Lipinski definition) is 4. The normalized spacial score (nSPS) is 13.4. The van der Waals surface area contributed by atoms with Gasteiger partial charge in [0.1, 0.15) is 0 Å². The van der Waals surface area contributed by atoms with Gasteiger partial charge in [0.05, 0.1) is 19.0 Å². The summed E-state index contributed by atoms with van der Waals surface area (Å²) in [6.45, 7) is 6.20. The molecule has 0 saturated heterocycles. The van der Waals surface area contributed by atoms with E-state index in [2.05, 4.69) is 0 Å². The van der Waals surface area contributed by atoms with Crippen molar-refractivity contribution in [2.24, 2.45) is 5.41 Å². The summed E-state index contributed by atoms with van der Waals surface area (Å²) in [4.78, 5) is 0. The minimum absolute atomic E-state index is 0.0731. The molecule has 0 rings (SSSR count). The minimum Gasteiger partial charge on any atom is -0.395 e. The van der Waals surface area contributed by atoms with Crippen LogP contribution in [-0.4, -0.2) is 57.0 Å². The Morgan fingerprint density at radius 1 is 1.25 bits per heavy atom. The van der Waals surface area contributed by atoms with E-state index in [9.17, 15) is 8.42 Å². The largest absolute Gasteiger partial charge is 0.395 e. The van der Waals surface area contributed by atoms with Crippen LogP contribution in [0.3, 0.4) is 0 Å². The lowest BCUT2D eigenvalue weighted by molar-refractivity contribution is 0.168. The lowest BCUT2D eigenvalue weighted by atomic mass is 10.0. The highest BCUT2D eigenvalue weighted by atomic mass is 32.2. The van der Waals surface area contributed by atoms with Gasteiger partial charge in [0.2, 0.25) is 10.0 Å². The third-order valence-corrected chi connectivity index (χ3v) is 4.29. The quantitative estimate of drug-likeness (QED) is 0.709. The summed E-state index contributed by atoms with van der Waals surface area (Å²) in [6.07, 6.45) is 0. The Morgan fingerprint density at radius 3 is 2.19 bits per heavy atom. The molecule has 0 unspecified atom stereocenters. The van der Waals surface area contributed by atoms with Crippen LogP contribution in [0.5, 0.6) is 0 Å². The van der Waals surface area contributed by atoms with Gasteiger partial charge >= 0.3 is 0 Å². The fraction of sp³-hybridized carbons (Fsp3) is 1.00. The van der Waals surface area contributed by atoms with E-state index in [0.717, 1.165) is 0 Å². The van der Waals surface area contributed by atoms with E-state index in [1.807, 2.05) is 20.8 Å². The van der Waals surface area contributed by atoms with Crippen molar-refractivity contribution >= 4 is 10.0 Å². The first-order valence-electron chi connectivity index (χ1n) is 5.30. The predicted molar refractivity (Wildman–Crippen MR) is 63.8 cm³/mol. The Balaban J connectivity index is 4.62. The summed E-state index contributed by atoms with van der Waals surface area (Å²) < 4.78 is 30.1. The zero-order chi connectivity index (χ0) is 12.8. The summed E-state index contributed by atoms with van der Waals surface area (Å²) in [6, 6.07) is 0. The lowest BCUT2D eigenvalue weighted by Crippen LogP contribution is -2.40. The number of nitrogens with zero attached hydrogens (tertiary/aromatic N) is 1. The van der Waals surface area contributed by atoms with Crippen molar-refractivity contribution in [1.29, 1.82) is 0 Å². The Labute approximate surface area is 98.5 Å². The van der Waals surface area contributed by atoms with Crippen LogP contribution in [0, 0.1) is 5.41 Å². The van der Waals surface area contributed by atoms with Crippen LogP contribution in [0.15, 0.2) is 0 Å². The second-order valence-electron chi connectivity index (χ2n) is 4.93. The molecule has 0 aliphatic rings. The molecule has 0 aromatic heterocycles. The Bertz CT molecular complexity index is 282. The predicted octanol–water partition coefficient (Wildman–Crippen LogP) is 0.303. The highest BCUT2D eigenvalue weighted by Gasteiger charge is 2.27. The molecule has 6 heteroatoms. The number of methoxy groups -OCH3 is 1. The molecule has 0 aliphatic heterocycles. The third-order valence-electron chi connectivity index (χ3n) is 1.90. The molecule has 0 spiro atoms. The highest BCUT2D eigenvalue weighted by molar-refractivity contribution is 7.89. The molecule has 16 heavy (non-hydrogen) atoms. The minimum atomic E-state index is -3.32. The first-order chi connectivity index (χ1) is 7.23. The summed E-state index contributed by atoms with van der Waals surface area (Å²) in [5, 5.41) is 8.85. The summed E-state index contributed by atoms with van der Waals surface area (Å²) in [5.74, 6) is 0.0731. The molecule has 0 atom stereocenters. The van der Waals surface area contributed by atoms with Crippen LogP contribution in [-0.2, 0) is 14.8 Å². The van der Waals surface area contributed by atoms with Gasteiger partial charge in [-0.05, 0) is 5.41 Å². The highest BCUT2D eigenvalue weighted by Crippen LogP contribution is 2.18. The molecule has 5 nitrogen and oxygen atoms in total. The number of aliphatic hydroxyl groups excluding tert-OH is 1. The summed E-state index contributed by atoms with van der Waals surface area (Å²) >= 11 is 0. The van der Waals surface area contributed by atoms with Crippen LogP contribution in [0.25, 0.3) is 0 Å². The van der Waals surface area contributed by atoms with Gasteiger partial charge in [-0.25, -0.2) is 8.42 Å². The van der Waals surface area contributed by atoms with Gasteiger partial charge in [0, 0.05) is 20.2 Å². The molecule has 0 radical (unpaired) electrons. The molecule has 98 valence electrons. The maximum absolute atomic E-state index is 12.0. The van der Waals surface area contributed by atoms with Gasteiger partial charge in [0.25, 0.3) is 0 Å². The number of aliphatic hydroxyl groups is 1. The third kappa shape index (κ3) is 6.42. The van der Waals surface area contributed by atoms with E-state index in [4.69, 9.17) is 9.84 Å². The first kappa shape index (κ1) is 15.8. The topological polar surface area (TPSA) is 66.8 Å².